The van der Waals surface area contributed by atoms with Crippen LogP contribution in [0.2, 0.25) is 0 Å². The van der Waals surface area contributed by atoms with Gasteiger partial charge in [-0.3, -0.25) is 4.79 Å². The average molecular weight is 451 g/mol. The van der Waals surface area contributed by atoms with Crippen molar-refractivity contribution in [3.8, 4) is 5.75 Å². The van der Waals surface area contributed by atoms with E-state index in [1.54, 1.807) is 11.0 Å². The molecule has 0 radical (unpaired) electrons. The molecule has 0 aliphatic carbocycles. The quantitative estimate of drug-likeness (QED) is 0.647. The van der Waals surface area contributed by atoms with Crippen molar-refractivity contribution in [3.05, 3.63) is 71.8 Å². The van der Waals surface area contributed by atoms with Crippen molar-refractivity contribution in [2.75, 3.05) is 13.1 Å². The third-order valence-electron chi connectivity index (χ3n) is 5.35. The fourth-order valence-corrected chi connectivity index (χ4v) is 3.78. The van der Waals surface area contributed by atoms with Gasteiger partial charge in [0.05, 0.1) is 6.42 Å². The highest BCUT2D eigenvalue weighted by Gasteiger charge is 2.28. The SMILES string of the molecule is C=Cc1ccc(OCc2ccccc2)c(CC(=O)N[C@H]2CCCN(C(=O)OC(C)(C)C)C2)c1. The van der Waals surface area contributed by atoms with Gasteiger partial charge in [-0.1, -0.05) is 49.1 Å². The number of rotatable bonds is 7. The van der Waals surface area contributed by atoms with Gasteiger partial charge in [-0.25, -0.2) is 4.79 Å². The number of amides is 2. The van der Waals surface area contributed by atoms with E-state index in [1.807, 2.05) is 69.3 Å². The lowest BCUT2D eigenvalue weighted by atomic mass is 10.0. The predicted molar refractivity (Wildman–Crippen MR) is 130 cm³/mol. The fourth-order valence-electron chi connectivity index (χ4n) is 3.78. The first kappa shape index (κ1) is 24.4. The average Bonchev–Trinajstić information content (AvgIpc) is 2.78. The second-order valence-corrected chi connectivity index (χ2v) is 9.36. The molecule has 6 nitrogen and oxygen atoms in total. The van der Waals surface area contributed by atoms with Gasteiger partial charge in [-0.2, -0.15) is 0 Å². The van der Waals surface area contributed by atoms with Crippen LogP contribution in [0.4, 0.5) is 4.79 Å². The van der Waals surface area contributed by atoms with Crippen LogP contribution in [-0.4, -0.2) is 41.6 Å². The van der Waals surface area contributed by atoms with Crippen molar-refractivity contribution in [2.45, 2.75) is 58.3 Å². The Bertz CT molecular complexity index is 966. The number of nitrogens with one attached hydrogen (secondary N) is 1. The third kappa shape index (κ3) is 7.67. The summed E-state index contributed by atoms with van der Waals surface area (Å²) < 4.78 is 11.5. The highest BCUT2D eigenvalue weighted by atomic mass is 16.6. The summed E-state index contributed by atoms with van der Waals surface area (Å²) >= 11 is 0. The number of carbonyl (C=O) groups is 2. The van der Waals surface area contributed by atoms with E-state index in [1.165, 1.54) is 0 Å². The van der Waals surface area contributed by atoms with Crippen LogP contribution in [0.3, 0.4) is 0 Å². The molecule has 0 spiro atoms. The van der Waals surface area contributed by atoms with E-state index < -0.39 is 5.60 Å². The summed E-state index contributed by atoms with van der Waals surface area (Å²) in [5.41, 5.74) is 2.25. The zero-order valence-electron chi connectivity index (χ0n) is 19.8. The molecule has 176 valence electrons. The number of carbonyl (C=O) groups excluding carboxylic acids is 2. The zero-order valence-corrected chi connectivity index (χ0v) is 19.8. The first-order valence-corrected chi connectivity index (χ1v) is 11.4. The first-order chi connectivity index (χ1) is 15.7. The highest BCUT2D eigenvalue weighted by Crippen LogP contribution is 2.23. The number of nitrogens with zero attached hydrogens (tertiary/aromatic N) is 1. The molecule has 1 N–H and O–H groups in total. The van der Waals surface area contributed by atoms with Crippen LogP contribution < -0.4 is 10.1 Å². The Labute approximate surface area is 196 Å². The van der Waals surface area contributed by atoms with Crippen LogP contribution in [-0.2, 0) is 22.6 Å². The Morgan fingerprint density at radius 3 is 2.64 bits per heavy atom. The Kier molecular flexibility index (Phi) is 8.15. The van der Waals surface area contributed by atoms with Gasteiger partial charge >= 0.3 is 6.09 Å². The second-order valence-electron chi connectivity index (χ2n) is 9.36. The van der Waals surface area contributed by atoms with E-state index in [-0.39, 0.29) is 24.5 Å². The monoisotopic (exact) mass is 450 g/mol. The van der Waals surface area contributed by atoms with Crippen molar-refractivity contribution in [1.82, 2.24) is 10.2 Å². The molecule has 0 bridgehead atoms. The summed E-state index contributed by atoms with van der Waals surface area (Å²) in [5, 5.41) is 3.08. The van der Waals surface area contributed by atoms with Crippen LogP contribution in [0.15, 0.2) is 55.1 Å². The predicted octanol–water partition coefficient (Wildman–Crippen LogP) is 4.97. The van der Waals surface area contributed by atoms with Crippen molar-refractivity contribution >= 4 is 18.1 Å². The molecular formula is C27H34N2O4. The van der Waals surface area contributed by atoms with E-state index in [0.717, 1.165) is 29.5 Å². The number of hydrogen-bond donors (Lipinski definition) is 1. The molecule has 2 aromatic carbocycles. The van der Waals surface area contributed by atoms with Crippen LogP contribution in [0.25, 0.3) is 6.08 Å². The van der Waals surface area contributed by atoms with Gasteiger partial charge in [0, 0.05) is 24.7 Å². The molecule has 6 heteroatoms. The summed E-state index contributed by atoms with van der Waals surface area (Å²) in [6.45, 7) is 10.9. The van der Waals surface area contributed by atoms with Crippen molar-refractivity contribution in [2.24, 2.45) is 0 Å². The molecule has 1 atom stereocenters. The van der Waals surface area contributed by atoms with Gasteiger partial charge in [0.1, 0.15) is 18.0 Å². The number of ether oxygens (including phenoxy) is 2. The number of likely N-dealkylation sites (tertiary alicyclic amines) is 1. The van der Waals surface area contributed by atoms with Gasteiger partial charge < -0.3 is 19.7 Å². The maximum absolute atomic E-state index is 12.9. The molecule has 0 aromatic heterocycles. The van der Waals surface area contributed by atoms with Gasteiger partial charge in [-0.15, -0.1) is 0 Å². The minimum atomic E-state index is -0.542. The van der Waals surface area contributed by atoms with Crippen LogP contribution in [0, 0.1) is 0 Å². The Morgan fingerprint density at radius 1 is 1.18 bits per heavy atom. The van der Waals surface area contributed by atoms with E-state index in [2.05, 4.69) is 11.9 Å². The Morgan fingerprint density at radius 2 is 1.94 bits per heavy atom. The normalized spacial score (nSPS) is 16.1. The number of benzene rings is 2. The maximum atomic E-state index is 12.9. The van der Waals surface area contributed by atoms with Gasteiger partial charge in [0.2, 0.25) is 5.91 Å². The van der Waals surface area contributed by atoms with E-state index in [9.17, 15) is 9.59 Å². The zero-order chi connectivity index (χ0) is 23.8. The highest BCUT2D eigenvalue weighted by molar-refractivity contribution is 5.80. The lowest BCUT2D eigenvalue weighted by Gasteiger charge is -2.34. The summed E-state index contributed by atoms with van der Waals surface area (Å²) in [6.07, 6.45) is 3.25. The van der Waals surface area contributed by atoms with E-state index in [0.29, 0.717) is 25.4 Å². The lowest BCUT2D eigenvalue weighted by Crippen LogP contribution is -2.51. The molecule has 2 aromatic rings. The Hall–Kier alpha value is -3.28. The van der Waals surface area contributed by atoms with Gasteiger partial charge in [-0.05, 0) is 56.9 Å². The summed E-state index contributed by atoms with van der Waals surface area (Å²) in [4.78, 5) is 27.0. The number of hydrogen-bond acceptors (Lipinski definition) is 4. The fraction of sp³-hybridized carbons (Fsp3) is 0.407. The molecule has 1 saturated heterocycles. The van der Waals surface area contributed by atoms with Crippen molar-refractivity contribution in [3.63, 3.8) is 0 Å². The number of piperidine rings is 1. The minimum absolute atomic E-state index is 0.100. The van der Waals surface area contributed by atoms with Crippen molar-refractivity contribution in [1.29, 1.82) is 0 Å². The molecule has 1 fully saturated rings. The molecule has 0 unspecified atom stereocenters. The van der Waals surface area contributed by atoms with Crippen LogP contribution >= 0.6 is 0 Å². The lowest BCUT2D eigenvalue weighted by molar-refractivity contribution is -0.121. The molecule has 2 amide bonds. The Balaban J connectivity index is 1.61. The minimum Gasteiger partial charge on any atom is -0.489 e. The summed E-state index contributed by atoms with van der Waals surface area (Å²) in [6, 6.07) is 15.6. The first-order valence-electron chi connectivity index (χ1n) is 11.4. The molecule has 1 heterocycles. The molecular weight excluding hydrogens is 416 g/mol. The molecule has 33 heavy (non-hydrogen) atoms. The smallest absolute Gasteiger partial charge is 0.410 e. The van der Waals surface area contributed by atoms with E-state index in [4.69, 9.17) is 9.47 Å². The second kappa shape index (κ2) is 11.0. The summed E-state index contributed by atoms with van der Waals surface area (Å²) in [5.74, 6) is 0.579. The van der Waals surface area contributed by atoms with Crippen LogP contribution in [0.5, 0.6) is 5.75 Å². The van der Waals surface area contributed by atoms with E-state index >= 15 is 0 Å². The van der Waals surface area contributed by atoms with Gasteiger partial charge in [0.15, 0.2) is 0 Å². The molecule has 3 rings (SSSR count). The molecule has 0 saturated carbocycles. The van der Waals surface area contributed by atoms with Gasteiger partial charge in [0.25, 0.3) is 0 Å². The molecule has 1 aliphatic rings. The van der Waals surface area contributed by atoms with Crippen molar-refractivity contribution < 1.29 is 19.1 Å². The largest absolute Gasteiger partial charge is 0.489 e. The standard InChI is InChI=1S/C27H34N2O4/c1-5-20-13-14-24(32-19-21-10-7-6-8-11-21)22(16-20)17-25(30)28-23-12-9-15-29(18-23)26(31)33-27(2,3)4/h5-8,10-11,13-14,16,23H,1,9,12,15,17-19H2,2-4H3,(H,28,30)/t23-/m0/s1. The third-order valence-corrected chi connectivity index (χ3v) is 5.35. The van der Waals surface area contributed by atoms with Crippen LogP contribution in [0.1, 0.15) is 50.3 Å². The summed E-state index contributed by atoms with van der Waals surface area (Å²) in [7, 11) is 0. The maximum Gasteiger partial charge on any atom is 0.410 e. The molecule has 1 aliphatic heterocycles. The topological polar surface area (TPSA) is 67.9 Å².